The van der Waals surface area contributed by atoms with Gasteiger partial charge in [0.2, 0.25) is 0 Å². The summed E-state index contributed by atoms with van der Waals surface area (Å²) < 4.78 is 0. The Bertz CT molecular complexity index is 281. The third-order valence-corrected chi connectivity index (χ3v) is 3.12. The second-order valence-corrected chi connectivity index (χ2v) is 4.41. The van der Waals surface area contributed by atoms with E-state index < -0.39 is 0 Å². The number of rotatable bonds is 1. The highest BCUT2D eigenvalue weighted by Gasteiger charge is 2.26. The second kappa shape index (κ2) is 3.73. The van der Waals surface area contributed by atoms with Gasteiger partial charge in [0.15, 0.2) is 5.78 Å². The van der Waals surface area contributed by atoms with E-state index in [1.165, 1.54) is 5.70 Å². The number of Topliss-reactive ketones (excluding diaryl/α,β-unsaturated/α-hetero) is 1. The molecule has 1 aliphatic carbocycles. The zero-order chi connectivity index (χ0) is 10.1. The van der Waals surface area contributed by atoms with Crippen molar-refractivity contribution in [3.05, 3.63) is 11.3 Å². The molecule has 2 rings (SSSR count). The van der Waals surface area contributed by atoms with Gasteiger partial charge in [-0.15, -0.1) is 0 Å². The molecule has 78 valence electrons. The van der Waals surface area contributed by atoms with Crippen LogP contribution in [0.4, 0.5) is 0 Å². The van der Waals surface area contributed by atoms with Gasteiger partial charge in [0.1, 0.15) is 0 Å². The third-order valence-electron chi connectivity index (χ3n) is 3.12. The van der Waals surface area contributed by atoms with E-state index in [4.69, 9.17) is 0 Å². The number of carbonyl (C=O) groups is 1. The molecule has 0 amide bonds. The van der Waals surface area contributed by atoms with Gasteiger partial charge < -0.3 is 5.32 Å². The maximum atomic E-state index is 11.7. The average Bonchev–Trinajstić information content (AvgIpc) is 2.18. The SMILES string of the molecule is CC(C)N1CNC2=C(C1)C(=O)CCC2. The largest absolute Gasteiger partial charge is 0.375 e. The van der Waals surface area contributed by atoms with Crippen LogP contribution in [0.15, 0.2) is 11.3 Å². The van der Waals surface area contributed by atoms with Crippen LogP contribution in [-0.4, -0.2) is 29.9 Å². The average molecular weight is 194 g/mol. The molecule has 0 aromatic carbocycles. The predicted molar refractivity (Wildman–Crippen MR) is 55.7 cm³/mol. The summed E-state index contributed by atoms with van der Waals surface area (Å²) in [6, 6.07) is 0.506. The Balaban J connectivity index is 2.16. The van der Waals surface area contributed by atoms with Crippen molar-refractivity contribution in [1.82, 2.24) is 10.2 Å². The number of hydrogen-bond acceptors (Lipinski definition) is 3. The number of ketones is 1. The van der Waals surface area contributed by atoms with Gasteiger partial charge in [0.25, 0.3) is 0 Å². The Morgan fingerprint density at radius 2 is 2.14 bits per heavy atom. The van der Waals surface area contributed by atoms with E-state index in [-0.39, 0.29) is 0 Å². The molecule has 14 heavy (non-hydrogen) atoms. The van der Waals surface area contributed by atoms with Gasteiger partial charge in [-0.25, -0.2) is 0 Å². The van der Waals surface area contributed by atoms with Crippen molar-refractivity contribution in [2.75, 3.05) is 13.2 Å². The first-order valence-electron chi connectivity index (χ1n) is 5.41. The first kappa shape index (κ1) is 9.71. The van der Waals surface area contributed by atoms with Crippen LogP contribution < -0.4 is 5.32 Å². The molecule has 0 spiro atoms. The monoisotopic (exact) mass is 194 g/mol. The Hall–Kier alpha value is -0.830. The molecule has 3 nitrogen and oxygen atoms in total. The van der Waals surface area contributed by atoms with Crippen molar-refractivity contribution in [1.29, 1.82) is 0 Å². The number of nitrogens with one attached hydrogen (secondary N) is 1. The van der Waals surface area contributed by atoms with Crippen molar-refractivity contribution in [2.45, 2.75) is 39.2 Å². The summed E-state index contributed by atoms with van der Waals surface area (Å²) in [7, 11) is 0. The molecule has 0 saturated heterocycles. The van der Waals surface area contributed by atoms with Gasteiger partial charge in [-0.3, -0.25) is 9.69 Å². The fourth-order valence-corrected chi connectivity index (χ4v) is 2.10. The molecule has 0 radical (unpaired) electrons. The molecule has 1 aliphatic heterocycles. The molecular formula is C11H18N2O. The van der Waals surface area contributed by atoms with Crippen molar-refractivity contribution in [2.24, 2.45) is 0 Å². The Morgan fingerprint density at radius 1 is 1.36 bits per heavy atom. The summed E-state index contributed by atoms with van der Waals surface area (Å²) in [6.45, 7) is 6.07. The number of allylic oxidation sites excluding steroid dienone is 1. The fraction of sp³-hybridized carbons (Fsp3) is 0.727. The molecule has 2 aliphatic rings. The minimum Gasteiger partial charge on any atom is -0.375 e. The zero-order valence-corrected chi connectivity index (χ0v) is 8.97. The van der Waals surface area contributed by atoms with Crippen LogP contribution in [0.5, 0.6) is 0 Å². The molecule has 0 unspecified atom stereocenters. The first-order valence-corrected chi connectivity index (χ1v) is 5.41. The van der Waals surface area contributed by atoms with E-state index in [1.54, 1.807) is 0 Å². The highest BCUT2D eigenvalue weighted by Crippen LogP contribution is 2.24. The van der Waals surface area contributed by atoms with E-state index in [1.807, 2.05) is 0 Å². The van der Waals surface area contributed by atoms with Gasteiger partial charge in [0.05, 0.1) is 6.67 Å². The van der Waals surface area contributed by atoms with Gasteiger partial charge in [0, 0.05) is 30.3 Å². The summed E-state index contributed by atoms with van der Waals surface area (Å²) in [6.07, 6.45) is 2.83. The molecular weight excluding hydrogens is 176 g/mol. The first-order chi connectivity index (χ1) is 6.68. The van der Waals surface area contributed by atoms with Crippen LogP contribution >= 0.6 is 0 Å². The summed E-state index contributed by atoms with van der Waals surface area (Å²) >= 11 is 0. The maximum Gasteiger partial charge on any atom is 0.161 e. The van der Waals surface area contributed by atoms with Crippen molar-refractivity contribution in [3.8, 4) is 0 Å². The minimum atomic E-state index is 0.351. The van der Waals surface area contributed by atoms with E-state index in [9.17, 15) is 4.79 Å². The molecule has 0 bridgehead atoms. The lowest BCUT2D eigenvalue weighted by Crippen LogP contribution is -2.46. The Labute approximate surface area is 85.2 Å². The highest BCUT2D eigenvalue weighted by atomic mass is 16.1. The lowest BCUT2D eigenvalue weighted by atomic mass is 9.93. The topological polar surface area (TPSA) is 32.3 Å². The standard InChI is InChI=1S/C11H18N2O/c1-8(2)13-6-9-10(12-7-13)4-3-5-11(9)14/h8,12H,3-7H2,1-2H3. The fourth-order valence-electron chi connectivity index (χ4n) is 2.10. The second-order valence-electron chi connectivity index (χ2n) is 4.41. The lowest BCUT2D eigenvalue weighted by molar-refractivity contribution is -0.116. The van der Waals surface area contributed by atoms with Gasteiger partial charge in [-0.1, -0.05) is 0 Å². The molecule has 1 N–H and O–H groups in total. The predicted octanol–water partition coefficient (Wildman–Crippen LogP) is 1.26. The molecule has 3 heteroatoms. The van der Waals surface area contributed by atoms with E-state index >= 15 is 0 Å². The highest BCUT2D eigenvalue weighted by molar-refractivity contribution is 5.97. The van der Waals surface area contributed by atoms with Crippen molar-refractivity contribution >= 4 is 5.78 Å². The van der Waals surface area contributed by atoms with Gasteiger partial charge in [-0.2, -0.15) is 0 Å². The van der Waals surface area contributed by atoms with Crippen LogP contribution in [-0.2, 0) is 4.79 Å². The molecule has 1 heterocycles. The molecule has 0 aromatic heterocycles. The normalized spacial score (nSPS) is 23.8. The van der Waals surface area contributed by atoms with E-state index in [2.05, 4.69) is 24.1 Å². The summed E-state index contributed by atoms with van der Waals surface area (Å²) in [5, 5.41) is 3.37. The van der Waals surface area contributed by atoms with Crippen molar-refractivity contribution < 1.29 is 4.79 Å². The minimum absolute atomic E-state index is 0.351. The quantitative estimate of drug-likeness (QED) is 0.682. The molecule has 0 saturated carbocycles. The molecule has 0 fully saturated rings. The third kappa shape index (κ3) is 1.69. The van der Waals surface area contributed by atoms with E-state index in [0.717, 1.165) is 38.0 Å². The summed E-state index contributed by atoms with van der Waals surface area (Å²) in [5.41, 5.74) is 2.24. The van der Waals surface area contributed by atoms with Crippen molar-refractivity contribution in [3.63, 3.8) is 0 Å². The van der Waals surface area contributed by atoms with Crippen LogP contribution in [0, 0.1) is 0 Å². The number of carbonyl (C=O) groups excluding carboxylic acids is 1. The van der Waals surface area contributed by atoms with Crippen LogP contribution in [0.25, 0.3) is 0 Å². The summed E-state index contributed by atoms with van der Waals surface area (Å²) in [5.74, 6) is 0.351. The smallest absolute Gasteiger partial charge is 0.161 e. The zero-order valence-electron chi connectivity index (χ0n) is 8.97. The maximum absolute atomic E-state index is 11.7. The Kier molecular flexibility index (Phi) is 2.59. The molecule has 0 atom stereocenters. The van der Waals surface area contributed by atoms with Crippen LogP contribution in [0.1, 0.15) is 33.1 Å². The number of hydrogen-bond donors (Lipinski definition) is 1. The summed E-state index contributed by atoms with van der Waals surface area (Å²) in [4.78, 5) is 14.0. The Morgan fingerprint density at radius 3 is 2.86 bits per heavy atom. The van der Waals surface area contributed by atoms with Gasteiger partial charge in [-0.05, 0) is 26.7 Å². The van der Waals surface area contributed by atoms with E-state index in [0.29, 0.717) is 11.8 Å². The number of nitrogens with zero attached hydrogens (tertiary/aromatic N) is 1. The molecule has 0 aromatic rings. The van der Waals surface area contributed by atoms with Crippen LogP contribution in [0.3, 0.4) is 0 Å². The van der Waals surface area contributed by atoms with Crippen LogP contribution in [0.2, 0.25) is 0 Å². The van der Waals surface area contributed by atoms with Gasteiger partial charge >= 0.3 is 0 Å². The lowest BCUT2D eigenvalue weighted by Gasteiger charge is -2.35.